The Labute approximate surface area is 860 Å². The maximum absolute atomic E-state index is 11.9. The molecule has 5 fully saturated rings. The highest BCUT2D eigenvalue weighted by Crippen LogP contribution is 2.33. The van der Waals surface area contributed by atoms with Crippen molar-refractivity contribution in [3.05, 3.63) is 227 Å². The molecule has 5 heterocycles. The van der Waals surface area contributed by atoms with Gasteiger partial charge in [-0.15, -0.1) is 0 Å². The number of ether oxygens (including phenoxy) is 3. The molecule has 0 atom stereocenters. The predicted molar refractivity (Wildman–Crippen MR) is 561 cm³/mol. The maximum atomic E-state index is 11.9. The van der Waals surface area contributed by atoms with Gasteiger partial charge in [-0.3, -0.25) is 62.8 Å². The largest absolute Gasteiger partial charge is 0.492 e. The van der Waals surface area contributed by atoms with Gasteiger partial charge in [-0.25, -0.2) is 0 Å². The number of nitrogens with one attached hydrogen (secondary N) is 8. The molecule has 0 aliphatic carbocycles. The zero-order valence-corrected chi connectivity index (χ0v) is 88.2. The first-order chi connectivity index (χ1) is 64.9. The first kappa shape index (κ1) is 117. The van der Waals surface area contributed by atoms with Crippen LogP contribution in [-0.4, -0.2) is 285 Å². The van der Waals surface area contributed by atoms with Crippen LogP contribution in [0, 0.1) is 55.4 Å². The Morgan fingerprint density at radius 1 is 0.328 bits per heavy atom. The fourth-order valence-electron chi connectivity index (χ4n) is 13.0. The molecule has 8 aromatic carbocycles. The zero-order valence-electron chi connectivity index (χ0n) is 79.9. The second-order valence-corrected chi connectivity index (χ2v) is 38.0. The third-order valence-corrected chi connectivity index (χ3v) is 25.4. The SMILES string of the molecule is Cc1c(Cl)cc(NC(=O)CN(C)C)cc1Cl.Cc1c(Cl)cc(NC(=O)CN2CCCC2)cc1Cl.Cc1c(Cl)cc(OC(=O)CN(C)C)cc1Cl.Cc1ccc(NC(=O)C(=O)N2CCNCC2)cc1Cl.Cc1ccc(NC(=O)C(=O)N2CCOCC2)cc1Cl.Cc1ccc(NC(=O)CN2CCCC2)cc1Cl.Cc1ccc(NC(=O)CN2CCNCC2)cc1Cl.Cc1ccc(OCCN(C)C)cc1Cl. The summed E-state index contributed by atoms with van der Waals surface area (Å²) in [5, 5.41) is 29.3. The number of likely N-dealkylation sites (tertiary alicyclic amines) is 2. The number of carbonyl (C=O) groups is 9. The van der Waals surface area contributed by atoms with Crippen LogP contribution in [0.2, 0.25) is 55.2 Å². The van der Waals surface area contributed by atoms with Crippen LogP contribution >= 0.6 is 128 Å². The van der Waals surface area contributed by atoms with Gasteiger partial charge in [-0.2, -0.15) is 0 Å². The molecule has 5 aliphatic heterocycles. The van der Waals surface area contributed by atoms with Gasteiger partial charge in [-0.1, -0.05) is 158 Å². The lowest BCUT2D eigenvalue weighted by molar-refractivity contribution is -0.145. The third kappa shape index (κ3) is 44.5. The minimum absolute atomic E-state index is 0.0109. The summed E-state index contributed by atoms with van der Waals surface area (Å²) < 4.78 is 15.8. The Hall–Kier alpha value is -8.38. The molecule has 0 spiro atoms. The fraction of sp³-hybridized carbons (Fsp3) is 0.418. The molecular weight excluding hydrogens is 1980 g/mol. The summed E-state index contributed by atoms with van der Waals surface area (Å²) in [5.41, 5.74) is 11.2. The van der Waals surface area contributed by atoms with E-state index in [0.717, 1.165) is 139 Å². The molecule has 5 aliphatic rings. The van der Waals surface area contributed by atoms with Crippen LogP contribution in [0.25, 0.3) is 0 Å². The van der Waals surface area contributed by atoms with E-state index in [1.165, 1.54) is 30.6 Å². The molecule has 8 amide bonds. The number of likely N-dealkylation sites (N-methyl/N-ethyl adjacent to an activating group) is 3. The van der Waals surface area contributed by atoms with Crippen molar-refractivity contribution in [1.82, 2.24) is 49.8 Å². The van der Waals surface area contributed by atoms with Crippen molar-refractivity contribution in [3.8, 4) is 11.5 Å². The van der Waals surface area contributed by atoms with Gasteiger partial charge >= 0.3 is 29.6 Å². The van der Waals surface area contributed by atoms with Gasteiger partial charge in [0.15, 0.2) is 0 Å². The average Bonchev–Trinajstić information content (AvgIpc) is 1.34. The van der Waals surface area contributed by atoms with Crippen LogP contribution in [-0.2, 0) is 47.9 Å². The standard InChI is InChI=1S/C13H16Cl2N2O.C13H16ClN3O2.C13H18ClN3O.C13H15ClN2O3.C13H17ClN2O.C11H14Cl2N2O.C11H13Cl2NO2.C11H16ClNO/c1-9-11(14)6-10(7-12(9)15)16-13(18)8-17-4-2-3-5-17;1-9-2-3-10(8-11(9)14)16-12(18)13(19)17-6-4-15-5-7-17;1-10-2-3-11(8-12(10)14)16-13(18)9-17-6-4-15-5-7-17;1-9-2-3-10(8-11(9)14)15-12(17)13(18)16-4-6-19-7-5-16;1-10-4-5-11(8-12(10)14)15-13(17)9-16-6-2-3-7-16;1-7-9(12)4-8(5-10(7)13)14-11(16)6-15(2)3;1-7-9(12)4-8(5-10(7)13)16-11(15)6-14(2)3;1-9-4-5-10(8-11(9)12)14-7-6-13(2)3/h6-7H,2-5,8H2,1H3,(H,16,18);2-3,8,15H,4-7H2,1H3,(H,16,18);2-3,8,15H,4-7,9H2,1H3,(H,16,18);2-3,8H,4-7H2,1H3,(H,15,17);4-5,8H,2-3,6-7,9H2,1H3,(H,15,17);4-5H,6H2,1-3H3,(H,14,16);4-5H,6H2,1-3H3;4-5,8H,6-7H2,1-3H3. The fourth-order valence-corrected chi connectivity index (χ4v) is 15.3. The van der Waals surface area contributed by atoms with Crippen molar-refractivity contribution in [2.75, 3.05) is 225 Å². The van der Waals surface area contributed by atoms with Crippen LogP contribution in [0.5, 0.6) is 11.5 Å². The van der Waals surface area contributed by atoms with E-state index < -0.39 is 23.6 Å². The molecule has 0 bridgehead atoms. The number of morpholine rings is 1. The normalized spacial score (nSPS) is 14.0. The number of amides is 8. The summed E-state index contributed by atoms with van der Waals surface area (Å²) >= 11 is 65.7. The lowest BCUT2D eigenvalue weighted by atomic mass is 10.2. The number of hydrogen-bond acceptors (Lipinski definition) is 20. The number of halogens is 11. The van der Waals surface area contributed by atoms with E-state index in [4.69, 9.17) is 142 Å². The molecule has 39 heteroatoms. The molecule has 8 aromatic rings. The highest BCUT2D eigenvalue weighted by atomic mass is 35.5. The Morgan fingerprint density at radius 3 is 0.964 bits per heavy atom. The average molecular weight is 2110 g/mol. The third-order valence-electron chi connectivity index (χ3n) is 21.0. The second kappa shape index (κ2) is 61.4. The van der Waals surface area contributed by atoms with Crippen molar-refractivity contribution in [2.24, 2.45) is 0 Å². The van der Waals surface area contributed by atoms with Crippen LogP contribution < -0.4 is 52.0 Å². The zero-order chi connectivity index (χ0) is 101. The van der Waals surface area contributed by atoms with E-state index in [2.05, 4.69) is 62.1 Å². The summed E-state index contributed by atoms with van der Waals surface area (Å²) in [6.45, 7) is 30.7. The van der Waals surface area contributed by atoms with Crippen LogP contribution in [0.3, 0.4) is 0 Å². The van der Waals surface area contributed by atoms with Crippen molar-refractivity contribution < 1.29 is 57.4 Å². The number of nitrogens with zero attached hydrogens (tertiary/aromatic N) is 8. The number of esters is 1. The Balaban J connectivity index is 0.000000241. The number of rotatable bonds is 21. The molecule has 0 radical (unpaired) electrons. The van der Waals surface area contributed by atoms with Crippen LogP contribution in [0.15, 0.2) is 127 Å². The van der Waals surface area contributed by atoms with E-state index >= 15 is 0 Å². The number of aryl methyl sites for hydroxylation is 5. The Bertz CT molecular complexity index is 5100. The van der Waals surface area contributed by atoms with Crippen molar-refractivity contribution in [2.45, 2.75) is 81.1 Å². The minimum atomic E-state index is -0.651. The number of anilines is 6. The lowest BCUT2D eigenvalue weighted by Gasteiger charge is -2.26. The number of carbonyl (C=O) groups excluding carboxylic acids is 9. The van der Waals surface area contributed by atoms with Crippen molar-refractivity contribution in [1.29, 1.82) is 0 Å². The van der Waals surface area contributed by atoms with Gasteiger partial charge < -0.3 is 76.3 Å². The van der Waals surface area contributed by atoms with E-state index in [-0.39, 0.29) is 36.1 Å². The van der Waals surface area contributed by atoms with Gasteiger partial charge in [0.1, 0.15) is 18.1 Å². The highest BCUT2D eigenvalue weighted by molar-refractivity contribution is 6.41. The molecule has 28 nitrogen and oxygen atoms in total. The Morgan fingerprint density at radius 2 is 0.620 bits per heavy atom. The smallest absolute Gasteiger partial charge is 0.325 e. The Kier molecular flexibility index (Phi) is 52.5. The molecule has 8 N–H and O–H groups in total. The number of hydrogen-bond donors (Lipinski definition) is 8. The van der Waals surface area contributed by atoms with Crippen molar-refractivity contribution in [3.63, 3.8) is 0 Å². The summed E-state index contributed by atoms with van der Waals surface area (Å²) in [5.74, 6) is -1.53. The lowest BCUT2D eigenvalue weighted by Crippen LogP contribution is -2.49. The van der Waals surface area contributed by atoms with Gasteiger partial charge in [-0.05, 0) is 291 Å². The van der Waals surface area contributed by atoms with Crippen LogP contribution in [0.4, 0.5) is 34.1 Å². The first-order valence-corrected chi connectivity index (χ1v) is 48.6. The molecule has 746 valence electrons. The highest BCUT2D eigenvalue weighted by Gasteiger charge is 2.27. The van der Waals surface area contributed by atoms with Crippen LogP contribution in [0.1, 0.15) is 70.2 Å². The minimum Gasteiger partial charge on any atom is -0.492 e. The summed E-state index contributed by atoms with van der Waals surface area (Å²) in [6.07, 6.45) is 4.75. The summed E-state index contributed by atoms with van der Waals surface area (Å²) in [4.78, 5) is 121. The van der Waals surface area contributed by atoms with E-state index in [9.17, 15) is 43.2 Å². The monoisotopic (exact) mass is 2100 g/mol. The predicted octanol–water partition coefficient (Wildman–Crippen LogP) is 18.1. The van der Waals surface area contributed by atoms with Crippen molar-refractivity contribution >= 4 is 215 Å². The molecule has 0 unspecified atom stereocenters. The molecule has 0 saturated carbocycles. The second-order valence-electron chi connectivity index (χ2n) is 33.6. The van der Waals surface area contributed by atoms with Gasteiger partial charge in [0.25, 0.3) is 0 Å². The number of piperazine rings is 2. The van der Waals surface area contributed by atoms with E-state index in [0.29, 0.717) is 151 Å². The first-order valence-electron chi connectivity index (χ1n) is 44.4. The molecule has 137 heavy (non-hydrogen) atoms. The molecule has 5 saturated heterocycles. The van der Waals surface area contributed by atoms with E-state index in [1.807, 2.05) is 119 Å². The topological polar surface area (TPSA) is 303 Å². The van der Waals surface area contributed by atoms with Gasteiger partial charge in [0.05, 0.1) is 45.9 Å². The molecule has 0 aromatic heterocycles. The number of benzene rings is 8. The molecule has 13 rings (SSSR count). The maximum Gasteiger partial charge on any atom is 0.325 e. The summed E-state index contributed by atoms with van der Waals surface area (Å²) in [7, 11) is 11.3. The molecular formula is C98H125Cl11N16O12. The van der Waals surface area contributed by atoms with Gasteiger partial charge in [0, 0.05) is 161 Å². The van der Waals surface area contributed by atoms with Gasteiger partial charge in [0.2, 0.25) is 23.6 Å². The van der Waals surface area contributed by atoms with E-state index in [1.54, 1.807) is 121 Å². The summed E-state index contributed by atoms with van der Waals surface area (Å²) in [6, 6.07) is 37.2. The quantitative estimate of drug-likeness (QED) is 0.0188.